The fraction of sp³-hybridized carbons (Fsp3) is 0.769. The van der Waals surface area contributed by atoms with Gasteiger partial charge in [0.25, 0.3) is 0 Å². The van der Waals surface area contributed by atoms with Crippen molar-refractivity contribution in [3.8, 4) is 0 Å². The fourth-order valence-electron chi connectivity index (χ4n) is 2.01. The summed E-state index contributed by atoms with van der Waals surface area (Å²) in [6, 6.07) is 0. The summed E-state index contributed by atoms with van der Waals surface area (Å²) in [4.78, 5) is 11.3. The number of carbonyl (C=O) groups is 1. The molecule has 0 heterocycles. The summed E-state index contributed by atoms with van der Waals surface area (Å²) in [5.74, 6) is 0.429. The molecule has 2 heteroatoms. The van der Waals surface area contributed by atoms with Crippen molar-refractivity contribution in [2.45, 2.75) is 58.0 Å². The second-order valence-electron chi connectivity index (χ2n) is 4.41. The second-order valence-corrected chi connectivity index (χ2v) is 4.41. The number of hydrogen-bond acceptors (Lipinski definition) is 2. The molecule has 1 rings (SSSR count). The summed E-state index contributed by atoms with van der Waals surface area (Å²) in [6.45, 7) is 2.15. The molecule has 0 aromatic carbocycles. The topological polar surface area (TPSA) is 37.3 Å². The number of ketones is 1. The van der Waals surface area contributed by atoms with Gasteiger partial charge in [0, 0.05) is 12.3 Å². The van der Waals surface area contributed by atoms with E-state index in [1.807, 2.05) is 12.2 Å². The van der Waals surface area contributed by atoms with Crippen molar-refractivity contribution >= 4 is 5.78 Å². The standard InChI is InChI=1S/C13H22O2/c1-2-3-4-7-12(14)10-9-11-6-5-8-13(11)15/h9-12,14H,2-8H2,1H3/b10-9+. The number of allylic oxidation sites excluding steroid dienone is 1. The Morgan fingerprint density at radius 3 is 2.93 bits per heavy atom. The average molecular weight is 210 g/mol. The quantitative estimate of drug-likeness (QED) is 0.540. The maximum absolute atomic E-state index is 11.3. The molecule has 1 aliphatic rings. The monoisotopic (exact) mass is 210 g/mol. The van der Waals surface area contributed by atoms with Crippen molar-refractivity contribution in [3.05, 3.63) is 12.2 Å². The van der Waals surface area contributed by atoms with E-state index in [4.69, 9.17) is 0 Å². The first-order valence-electron chi connectivity index (χ1n) is 6.13. The number of aliphatic hydroxyl groups excluding tert-OH is 1. The number of carbonyl (C=O) groups excluding carboxylic acids is 1. The smallest absolute Gasteiger partial charge is 0.139 e. The highest BCUT2D eigenvalue weighted by Crippen LogP contribution is 2.22. The van der Waals surface area contributed by atoms with Crippen molar-refractivity contribution in [1.82, 2.24) is 0 Å². The molecule has 1 N–H and O–H groups in total. The highest BCUT2D eigenvalue weighted by Gasteiger charge is 2.21. The lowest BCUT2D eigenvalue weighted by atomic mass is 10.0. The molecule has 0 radical (unpaired) electrons. The Morgan fingerprint density at radius 2 is 2.33 bits per heavy atom. The van der Waals surface area contributed by atoms with E-state index < -0.39 is 0 Å². The summed E-state index contributed by atoms with van der Waals surface area (Å²) in [7, 11) is 0. The van der Waals surface area contributed by atoms with E-state index >= 15 is 0 Å². The minimum atomic E-state index is -0.357. The molecular formula is C13H22O2. The van der Waals surface area contributed by atoms with Gasteiger partial charge in [0.2, 0.25) is 0 Å². The molecule has 2 nitrogen and oxygen atoms in total. The molecule has 0 aromatic heterocycles. The number of aliphatic hydroxyl groups is 1. The molecule has 2 unspecified atom stereocenters. The van der Waals surface area contributed by atoms with Crippen LogP contribution in [0, 0.1) is 5.92 Å². The lowest BCUT2D eigenvalue weighted by Gasteiger charge is -2.05. The zero-order valence-corrected chi connectivity index (χ0v) is 9.61. The van der Waals surface area contributed by atoms with Crippen LogP contribution in [-0.4, -0.2) is 17.0 Å². The Kier molecular flexibility index (Phi) is 5.62. The first-order chi connectivity index (χ1) is 7.24. The van der Waals surface area contributed by atoms with Gasteiger partial charge in [-0.2, -0.15) is 0 Å². The molecule has 1 fully saturated rings. The third-order valence-electron chi connectivity index (χ3n) is 3.02. The molecule has 0 saturated heterocycles. The van der Waals surface area contributed by atoms with E-state index in [1.165, 1.54) is 12.8 Å². The highest BCUT2D eigenvalue weighted by molar-refractivity contribution is 5.84. The first kappa shape index (κ1) is 12.4. The maximum Gasteiger partial charge on any atom is 0.139 e. The van der Waals surface area contributed by atoms with E-state index in [-0.39, 0.29) is 12.0 Å². The molecule has 86 valence electrons. The Hall–Kier alpha value is -0.630. The van der Waals surface area contributed by atoms with Gasteiger partial charge in [-0.15, -0.1) is 0 Å². The molecule has 1 aliphatic carbocycles. The fourth-order valence-corrected chi connectivity index (χ4v) is 2.01. The molecule has 2 atom stereocenters. The predicted octanol–water partition coefficient (Wildman–Crippen LogP) is 2.85. The minimum absolute atomic E-state index is 0.0887. The number of unbranched alkanes of at least 4 members (excludes halogenated alkanes) is 2. The number of rotatable bonds is 6. The van der Waals surface area contributed by atoms with E-state index in [2.05, 4.69) is 6.92 Å². The summed E-state index contributed by atoms with van der Waals surface area (Å²) in [5.41, 5.74) is 0. The molecule has 0 spiro atoms. The zero-order valence-electron chi connectivity index (χ0n) is 9.61. The van der Waals surface area contributed by atoms with Crippen LogP contribution in [-0.2, 0) is 4.79 Å². The van der Waals surface area contributed by atoms with Gasteiger partial charge in [-0.05, 0) is 19.3 Å². The van der Waals surface area contributed by atoms with Gasteiger partial charge < -0.3 is 5.11 Å². The first-order valence-corrected chi connectivity index (χ1v) is 6.13. The lowest BCUT2D eigenvalue weighted by molar-refractivity contribution is -0.119. The Labute approximate surface area is 92.4 Å². The summed E-state index contributed by atoms with van der Waals surface area (Å²) in [5, 5.41) is 9.62. The van der Waals surface area contributed by atoms with Crippen LogP contribution >= 0.6 is 0 Å². The largest absolute Gasteiger partial charge is 0.389 e. The molecule has 0 bridgehead atoms. The number of Topliss-reactive ketones (excluding diaryl/α,β-unsaturated/α-hetero) is 1. The lowest BCUT2D eigenvalue weighted by Crippen LogP contribution is -2.06. The predicted molar refractivity (Wildman–Crippen MR) is 61.6 cm³/mol. The van der Waals surface area contributed by atoms with Crippen molar-refractivity contribution < 1.29 is 9.90 Å². The normalized spacial score (nSPS) is 23.9. The van der Waals surface area contributed by atoms with Crippen LogP contribution in [0.25, 0.3) is 0 Å². The van der Waals surface area contributed by atoms with Gasteiger partial charge in [0.15, 0.2) is 0 Å². The molecule has 15 heavy (non-hydrogen) atoms. The molecule has 0 aromatic rings. The summed E-state index contributed by atoms with van der Waals surface area (Å²) >= 11 is 0. The van der Waals surface area contributed by atoms with Crippen LogP contribution < -0.4 is 0 Å². The van der Waals surface area contributed by atoms with Gasteiger partial charge in [0.05, 0.1) is 6.10 Å². The Bertz CT molecular complexity index is 221. The highest BCUT2D eigenvalue weighted by atomic mass is 16.3. The van der Waals surface area contributed by atoms with Crippen molar-refractivity contribution in [2.24, 2.45) is 5.92 Å². The van der Waals surface area contributed by atoms with E-state index in [0.29, 0.717) is 5.78 Å². The zero-order chi connectivity index (χ0) is 11.1. The van der Waals surface area contributed by atoms with Crippen molar-refractivity contribution in [2.75, 3.05) is 0 Å². The van der Waals surface area contributed by atoms with Crippen LogP contribution in [0.3, 0.4) is 0 Å². The van der Waals surface area contributed by atoms with Gasteiger partial charge in [-0.3, -0.25) is 4.79 Å². The van der Waals surface area contributed by atoms with E-state index in [1.54, 1.807) is 0 Å². The van der Waals surface area contributed by atoms with Gasteiger partial charge >= 0.3 is 0 Å². The Morgan fingerprint density at radius 1 is 1.53 bits per heavy atom. The van der Waals surface area contributed by atoms with E-state index in [9.17, 15) is 9.90 Å². The molecule has 0 amide bonds. The average Bonchev–Trinajstić information content (AvgIpc) is 2.61. The molecule has 0 aliphatic heterocycles. The summed E-state index contributed by atoms with van der Waals surface area (Å²) in [6.07, 6.45) is 10.3. The third kappa shape index (κ3) is 4.61. The van der Waals surface area contributed by atoms with Crippen LogP contribution in [0.1, 0.15) is 51.9 Å². The maximum atomic E-state index is 11.3. The molecule has 1 saturated carbocycles. The van der Waals surface area contributed by atoms with Crippen LogP contribution in [0.5, 0.6) is 0 Å². The second kappa shape index (κ2) is 6.78. The SMILES string of the molecule is CCCCCC(O)/C=C/C1CCCC1=O. The van der Waals surface area contributed by atoms with Gasteiger partial charge in [-0.25, -0.2) is 0 Å². The van der Waals surface area contributed by atoms with Crippen LogP contribution in [0.2, 0.25) is 0 Å². The Balaban J connectivity index is 2.21. The van der Waals surface area contributed by atoms with E-state index in [0.717, 1.165) is 32.1 Å². The third-order valence-corrected chi connectivity index (χ3v) is 3.02. The minimum Gasteiger partial charge on any atom is -0.389 e. The van der Waals surface area contributed by atoms with Crippen molar-refractivity contribution in [3.63, 3.8) is 0 Å². The number of hydrogen-bond donors (Lipinski definition) is 1. The van der Waals surface area contributed by atoms with Gasteiger partial charge in [-0.1, -0.05) is 38.3 Å². The van der Waals surface area contributed by atoms with Crippen LogP contribution in [0.4, 0.5) is 0 Å². The van der Waals surface area contributed by atoms with Crippen LogP contribution in [0.15, 0.2) is 12.2 Å². The van der Waals surface area contributed by atoms with Gasteiger partial charge in [0.1, 0.15) is 5.78 Å². The summed E-state index contributed by atoms with van der Waals surface area (Å²) < 4.78 is 0. The molecular weight excluding hydrogens is 188 g/mol. The van der Waals surface area contributed by atoms with Crippen molar-refractivity contribution in [1.29, 1.82) is 0 Å².